The molecular formula is C11H15NO3S. The van der Waals surface area contributed by atoms with E-state index in [1.165, 1.54) is 10.6 Å². The first-order valence-corrected chi connectivity index (χ1v) is 7.02. The normalized spacial score (nSPS) is 17.1. The highest BCUT2D eigenvalue weighted by molar-refractivity contribution is 7.88. The van der Waals surface area contributed by atoms with Crippen LogP contribution < -0.4 is 0 Å². The molecule has 0 saturated carbocycles. The summed E-state index contributed by atoms with van der Waals surface area (Å²) in [5.41, 5.74) is 3.06. The fourth-order valence-electron chi connectivity index (χ4n) is 1.96. The van der Waals surface area contributed by atoms with Crippen LogP contribution in [0.4, 0.5) is 0 Å². The molecule has 0 aromatic heterocycles. The van der Waals surface area contributed by atoms with Gasteiger partial charge in [-0.05, 0) is 23.1 Å². The van der Waals surface area contributed by atoms with Gasteiger partial charge in [0, 0.05) is 13.1 Å². The molecule has 1 aliphatic rings. The minimum Gasteiger partial charge on any atom is -0.392 e. The van der Waals surface area contributed by atoms with Gasteiger partial charge >= 0.3 is 0 Å². The number of fused-ring (bicyclic) bond motifs is 1. The first-order valence-electron chi connectivity index (χ1n) is 5.17. The van der Waals surface area contributed by atoms with Crippen molar-refractivity contribution in [1.29, 1.82) is 0 Å². The average Bonchev–Trinajstić information content (AvgIpc) is 2.26. The molecule has 4 nitrogen and oxygen atoms in total. The molecule has 0 fully saturated rings. The van der Waals surface area contributed by atoms with Crippen LogP contribution in [0.3, 0.4) is 0 Å². The number of benzene rings is 1. The lowest BCUT2D eigenvalue weighted by Gasteiger charge is -2.27. The van der Waals surface area contributed by atoms with E-state index in [2.05, 4.69) is 0 Å². The molecule has 0 amide bonds. The first-order chi connectivity index (χ1) is 7.50. The lowest BCUT2D eigenvalue weighted by Crippen LogP contribution is -2.35. The van der Waals surface area contributed by atoms with E-state index in [0.29, 0.717) is 13.1 Å². The predicted octanol–water partition coefficient (Wildman–Crippen LogP) is 0.497. The molecule has 1 heterocycles. The Morgan fingerprint density at radius 2 is 2.12 bits per heavy atom. The van der Waals surface area contributed by atoms with Crippen molar-refractivity contribution < 1.29 is 13.5 Å². The molecule has 1 aromatic rings. The standard InChI is InChI=1S/C11H15NO3S/c1-16(14,15)12-5-4-10-6-9(8-13)2-3-11(10)7-12/h2-3,6,13H,4-5,7-8H2,1H3. The summed E-state index contributed by atoms with van der Waals surface area (Å²) in [7, 11) is -3.10. The van der Waals surface area contributed by atoms with Gasteiger partial charge in [-0.3, -0.25) is 0 Å². The van der Waals surface area contributed by atoms with Crippen molar-refractivity contribution >= 4 is 10.0 Å². The molecule has 1 aromatic carbocycles. The Morgan fingerprint density at radius 3 is 2.75 bits per heavy atom. The zero-order valence-electron chi connectivity index (χ0n) is 9.18. The summed E-state index contributed by atoms with van der Waals surface area (Å²) in [4.78, 5) is 0. The van der Waals surface area contributed by atoms with Gasteiger partial charge in [0.05, 0.1) is 12.9 Å². The van der Waals surface area contributed by atoms with Gasteiger partial charge in [0.2, 0.25) is 10.0 Å². The Morgan fingerprint density at radius 1 is 1.38 bits per heavy atom. The van der Waals surface area contributed by atoms with Gasteiger partial charge in [-0.15, -0.1) is 0 Å². The summed E-state index contributed by atoms with van der Waals surface area (Å²) in [6.07, 6.45) is 1.95. The molecule has 88 valence electrons. The van der Waals surface area contributed by atoms with Gasteiger partial charge < -0.3 is 5.11 Å². The van der Waals surface area contributed by atoms with Crippen molar-refractivity contribution in [3.05, 3.63) is 34.9 Å². The molecule has 0 spiro atoms. The minimum atomic E-state index is -3.10. The maximum absolute atomic E-state index is 11.4. The van der Waals surface area contributed by atoms with Crippen molar-refractivity contribution in [2.45, 2.75) is 19.6 Å². The quantitative estimate of drug-likeness (QED) is 0.820. The minimum absolute atomic E-state index is 0.0308. The number of nitrogens with zero attached hydrogens (tertiary/aromatic N) is 1. The fraction of sp³-hybridized carbons (Fsp3) is 0.455. The van der Waals surface area contributed by atoms with Crippen molar-refractivity contribution in [2.75, 3.05) is 12.8 Å². The van der Waals surface area contributed by atoms with Crippen LogP contribution in [0.25, 0.3) is 0 Å². The van der Waals surface area contributed by atoms with E-state index >= 15 is 0 Å². The fourth-order valence-corrected chi connectivity index (χ4v) is 2.76. The van der Waals surface area contributed by atoms with E-state index in [9.17, 15) is 8.42 Å². The smallest absolute Gasteiger partial charge is 0.211 e. The highest BCUT2D eigenvalue weighted by Crippen LogP contribution is 2.21. The topological polar surface area (TPSA) is 57.6 Å². The first kappa shape index (κ1) is 11.6. The molecule has 1 aliphatic heterocycles. The molecule has 0 unspecified atom stereocenters. The maximum Gasteiger partial charge on any atom is 0.211 e. The van der Waals surface area contributed by atoms with Crippen LogP contribution in [0.2, 0.25) is 0 Å². The Bertz CT molecular complexity index is 496. The van der Waals surface area contributed by atoms with Gasteiger partial charge in [0.25, 0.3) is 0 Å². The molecule has 2 rings (SSSR count). The second-order valence-electron chi connectivity index (χ2n) is 4.11. The van der Waals surface area contributed by atoms with Crippen molar-refractivity contribution in [2.24, 2.45) is 0 Å². The van der Waals surface area contributed by atoms with E-state index in [1.54, 1.807) is 0 Å². The second-order valence-corrected chi connectivity index (χ2v) is 6.09. The Hall–Kier alpha value is -0.910. The highest BCUT2D eigenvalue weighted by Gasteiger charge is 2.22. The zero-order chi connectivity index (χ0) is 11.8. The maximum atomic E-state index is 11.4. The number of aliphatic hydroxyl groups is 1. The van der Waals surface area contributed by atoms with E-state index in [-0.39, 0.29) is 6.61 Å². The van der Waals surface area contributed by atoms with Crippen LogP contribution in [0.1, 0.15) is 16.7 Å². The molecule has 0 aliphatic carbocycles. The number of hydrogen-bond acceptors (Lipinski definition) is 3. The molecule has 16 heavy (non-hydrogen) atoms. The molecule has 0 radical (unpaired) electrons. The monoisotopic (exact) mass is 241 g/mol. The van der Waals surface area contributed by atoms with Crippen LogP contribution in [0, 0.1) is 0 Å². The van der Waals surface area contributed by atoms with Crippen molar-refractivity contribution in [3.8, 4) is 0 Å². The number of hydrogen-bond donors (Lipinski definition) is 1. The molecule has 0 atom stereocenters. The van der Waals surface area contributed by atoms with Crippen molar-refractivity contribution in [3.63, 3.8) is 0 Å². The summed E-state index contributed by atoms with van der Waals surface area (Å²) in [6, 6.07) is 5.69. The van der Waals surface area contributed by atoms with Gasteiger partial charge in [-0.25, -0.2) is 8.42 Å². The molecule has 0 saturated heterocycles. The van der Waals surface area contributed by atoms with Crippen LogP contribution >= 0.6 is 0 Å². The van der Waals surface area contributed by atoms with E-state index in [1.807, 2.05) is 18.2 Å². The second kappa shape index (κ2) is 4.16. The van der Waals surface area contributed by atoms with Crippen LogP contribution in [-0.4, -0.2) is 30.6 Å². The van der Waals surface area contributed by atoms with Gasteiger partial charge in [-0.2, -0.15) is 4.31 Å². The third-order valence-electron chi connectivity index (χ3n) is 2.90. The summed E-state index contributed by atoms with van der Waals surface area (Å²) < 4.78 is 24.3. The predicted molar refractivity (Wildman–Crippen MR) is 61.3 cm³/mol. The third kappa shape index (κ3) is 2.26. The summed E-state index contributed by atoms with van der Waals surface area (Å²) in [6.45, 7) is 1.00. The van der Waals surface area contributed by atoms with Gasteiger partial charge in [-0.1, -0.05) is 18.2 Å². The largest absolute Gasteiger partial charge is 0.392 e. The van der Waals surface area contributed by atoms with Crippen LogP contribution in [-0.2, 0) is 29.6 Å². The Labute approximate surface area is 95.6 Å². The number of rotatable bonds is 2. The Balaban J connectivity index is 2.29. The third-order valence-corrected chi connectivity index (χ3v) is 4.15. The molecule has 5 heteroatoms. The Kier molecular flexibility index (Phi) is 3.01. The van der Waals surface area contributed by atoms with Gasteiger partial charge in [0.1, 0.15) is 0 Å². The zero-order valence-corrected chi connectivity index (χ0v) is 10.00. The van der Waals surface area contributed by atoms with Crippen LogP contribution in [0.5, 0.6) is 0 Å². The van der Waals surface area contributed by atoms with Gasteiger partial charge in [0.15, 0.2) is 0 Å². The number of aliphatic hydroxyl groups excluding tert-OH is 1. The van der Waals surface area contributed by atoms with Crippen LogP contribution in [0.15, 0.2) is 18.2 Å². The molecule has 1 N–H and O–H groups in total. The lowest BCUT2D eigenvalue weighted by molar-refractivity contribution is 0.281. The van der Waals surface area contributed by atoms with E-state index in [0.717, 1.165) is 23.1 Å². The summed E-state index contributed by atoms with van der Waals surface area (Å²) in [5, 5.41) is 9.01. The summed E-state index contributed by atoms with van der Waals surface area (Å²) in [5.74, 6) is 0. The molecule has 0 bridgehead atoms. The van der Waals surface area contributed by atoms with Crippen molar-refractivity contribution in [1.82, 2.24) is 4.31 Å². The molecular weight excluding hydrogens is 226 g/mol. The average molecular weight is 241 g/mol. The number of sulfonamides is 1. The van der Waals surface area contributed by atoms with E-state index in [4.69, 9.17) is 5.11 Å². The highest BCUT2D eigenvalue weighted by atomic mass is 32.2. The summed E-state index contributed by atoms with van der Waals surface area (Å²) >= 11 is 0. The van der Waals surface area contributed by atoms with E-state index < -0.39 is 10.0 Å². The lowest BCUT2D eigenvalue weighted by atomic mass is 9.99. The SMILES string of the molecule is CS(=O)(=O)N1CCc2cc(CO)ccc2C1.